The highest BCUT2D eigenvalue weighted by molar-refractivity contribution is 5.72. The topological polar surface area (TPSA) is 62.7 Å². The Balaban J connectivity index is 1.78. The Morgan fingerprint density at radius 3 is 2.70 bits per heavy atom. The third kappa shape index (κ3) is 4.02. The molecule has 0 amide bonds. The first-order chi connectivity index (χ1) is 9.70. The van der Waals surface area contributed by atoms with Crippen LogP contribution in [-0.2, 0) is 9.53 Å². The molecule has 5 nitrogen and oxygen atoms in total. The molecule has 1 fully saturated rings. The lowest BCUT2D eigenvalue weighted by Crippen LogP contribution is -2.39. The number of β-amino-alcohol motifs (C(OH)–C–C–N with tert-alkyl or cyclic N) is 1. The molecule has 1 saturated heterocycles. The molecule has 1 aromatic heterocycles. The smallest absolute Gasteiger partial charge is 0.309 e. The van der Waals surface area contributed by atoms with E-state index in [4.69, 9.17) is 4.74 Å². The quantitative estimate of drug-likeness (QED) is 0.825. The second-order valence-electron chi connectivity index (χ2n) is 5.12. The summed E-state index contributed by atoms with van der Waals surface area (Å²) in [5, 5.41) is 10.2. The van der Waals surface area contributed by atoms with E-state index >= 15 is 0 Å². The van der Waals surface area contributed by atoms with Crippen LogP contribution in [0.25, 0.3) is 0 Å². The Kier molecular flexibility index (Phi) is 5.49. The van der Waals surface area contributed by atoms with Gasteiger partial charge in [-0.25, -0.2) is 0 Å². The first-order valence-corrected chi connectivity index (χ1v) is 7.17. The summed E-state index contributed by atoms with van der Waals surface area (Å²) in [5.74, 6) is -0.0638. The number of piperidine rings is 1. The van der Waals surface area contributed by atoms with E-state index in [1.54, 1.807) is 12.4 Å². The Morgan fingerprint density at radius 1 is 1.45 bits per heavy atom. The Bertz CT molecular complexity index is 416. The minimum absolute atomic E-state index is 0.0178. The number of carbonyl (C=O) groups excluding carboxylic acids is 1. The van der Waals surface area contributed by atoms with Gasteiger partial charge in [0, 0.05) is 18.9 Å². The standard InChI is InChI=1S/C15H22N2O3/c1-2-20-15(19)13-5-9-17(10-6-13)11-14(18)12-3-7-16-8-4-12/h3-4,7-8,13-14,18H,2,5-6,9-11H2,1H3. The molecule has 1 atom stereocenters. The molecule has 1 aliphatic rings. The third-order valence-electron chi connectivity index (χ3n) is 3.73. The highest BCUT2D eigenvalue weighted by Gasteiger charge is 2.26. The van der Waals surface area contributed by atoms with Gasteiger partial charge in [0.15, 0.2) is 0 Å². The van der Waals surface area contributed by atoms with E-state index in [2.05, 4.69) is 9.88 Å². The lowest BCUT2D eigenvalue weighted by atomic mass is 9.96. The minimum Gasteiger partial charge on any atom is -0.466 e. The van der Waals surface area contributed by atoms with Crippen LogP contribution in [0, 0.1) is 5.92 Å². The molecule has 0 radical (unpaired) electrons. The summed E-state index contributed by atoms with van der Waals surface area (Å²) in [5.41, 5.74) is 0.882. The van der Waals surface area contributed by atoms with Crippen LogP contribution in [0.2, 0.25) is 0 Å². The van der Waals surface area contributed by atoms with Crippen LogP contribution in [0.5, 0.6) is 0 Å². The molecule has 5 heteroatoms. The Labute approximate surface area is 119 Å². The zero-order valence-electron chi connectivity index (χ0n) is 11.9. The number of carbonyl (C=O) groups is 1. The monoisotopic (exact) mass is 278 g/mol. The van der Waals surface area contributed by atoms with E-state index in [1.165, 1.54) is 0 Å². The van der Waals surface area contributed by atoms with Crippen molar-refractivity contribution in [3.8, 4) is 0 Å². The van der Waals surface area contributed by atoms with E-state index in [1.807, 2.05) is 19.1 Å². The summed E-state index contributed by atoms with van der Waals surface area (Å²) in [4.78, 5) is 17.8. The highest BCUT2D eigenvalue weighted by atomic mass is 16.5. The number of hydrogen-bond donors (Lipinski definition) is 1. The number of aliphatic hydroxyl groups excluding tert-OH is 1. The van der Waals surface area contributed by atoms with Gasteiger partial charge in [0.25, 0.3) is 0 Å². The van der Waals surface area contributed by atoms with Gasteiger partial charge < -0.3 is 14.7 Å². The second kappa shape index (κ2) is 7.36. The van der Waals surface area contributed by atoms with Crippen molar-refractivity contribution in [2.75, 3.05) is 26.2 Å². The number of aromatic nitrogens is 1. The molecule has 110 valence electrons. The van der Waals surface area contributed by atoms with Crippen molar-refractivity contribution >= 4 is 5.97 Å². The lowest BCUT2D eigenvalue weighted by molar-refractivity contribution is -0.149. The normalized spacial score (nSPS) is 18.7. The van der Waals surface area contributed by atoms with Gasteiger partial charge in [-0.05, 0) is 50.6 Å². The van der Waals surface area contributed by atoms with Gasteiger partial charge in [-0.3, -0.25) is 9.78 Å². The molecule has 0 spiro atoms. The third-order valence-corrected chi connectivity index (χ3v) is 3.73. The van der Waals surface area contributed by atoms with Gasteiger partial charge in [-0.1, -0.05) is 0 Å². The van der Waals surface area contributed by atoms with Crippen LogP contribution in [0.15, 0.2) is 24.5 Å². The molecule has 2 rings (SSSR count). The average molecular weight is 278 g/mol. The molecule has 2 heterocycles. The van der Waals surface area contributed by atoms with Crippen LogP contribution in [-0.4, -0.2) is 47.2 Å². The SMILES string of the molecule is CCOC(=O)C1CCN(CC(O)c2ccncc2)CC1. The second-order valence-corrected chi connectivity index (χ2v) is 5.12. The number of pyridine rings is 1. The van der Waals surface area contributed by atoms with E-state index in [9.17, 15) is 9.90 Å². The van der Waals surface area contributed by atoms with Gasteiger partial charge in [-0.2, -0.15) is 0 Å². The lowest BCUT2D eigenvalue weighted by Gasteiger charge is -2.32. The number of rotatable bonds is 5. The largest absolute Gasteiger partial charge is 0.466 e. The predicted octanol–water partition coefficient (Wildman–Crippen LogP) is 1.39. The van der Waals surface area contributed by atoms with Crippen molar-refractivity contribution in [1.82, 2.24) is 9.88 Å². The first-order valence-electron chi connectivity index (χ1n) is 7.17. The molecule has 1 aromatic rings. The summed E-state index contributed by atoms with van der Waals surface area (Å²) >= 11 is 0. The van der Waals surface area contributed by atoms with Gasteiger partial charge in [-0.15, -0.1) is 0 Å². The maximum atomic E-state index is 11.7. The molecule has 1 aliphatic heterocycles. The summed E-state index contributed by atoms with van der Waals surface area (Å²) in [7, 11) is 0. The van der Waals surface area contributed by atoms with E-state index in [0.29, 0.717) is 13.2 Å². The van der Waals surface area contributed by atoms with Crippen LogP contribution in [0.3, 0.4) is 0 Å². The van der Waals surface area contributed by atoms with Crippen molar-refractivity contribution in [3.63, 3.8) is 0 Å². The number of likely N-dealkylation sites (tertiary alicyclic amines) is 1. The van der Waals surface area contributed by atoms with Crippen molar-refractivity contribution < 1.29 is 14.6 Å². The van der Waals surface area contributed by atoms with Crippen LogP contribution in [0.1, 0.15) is 31.4 Å². The molecule has 0 bridgehead atoms. The van der Waals surface area contributed by atoms with Crippen molar-refractivity contribution in [2.24, 2.45) is 5.92 Å². The molecule has 0 aliphatic carbocycles. The number of hydrogen-bond acceptors (Lipinski definition) is 5. The molecule has 20 heavy (non-hydrogen) atoms. The molecular formula is C15H22N2O3. The Hall–Kier alpha value is -1.46. The number of ether oxygens (including phenoxy) is 1. The molecule has 0 saturated carbocycles. The van der Waals surface area contributed by atoms with Crippen LogP contribution >= 0.6 is 0 Å². The van der Waals surface area contributed by atoms with Crippen LogP contribution in [0.4, 0.5) is 0 Å². The maximum absolute atomic E-state index is 11.7. The van der Waals surface area contributed by atoms with Crippen LogP contribution < -0.4 is 0 Å². The predicted molar refractivity (Wildman–Crippen MR) is 75.0 cm³/mol. The molecule has 1 unspecified atom stereocenters. The molecule has 1 N–H and O–H groups in total. The van der Waals surface area contributed by atoms with Gasteiger partial charge in [0.05, 0.1) is 18.6 Å². The number of esters is 1. The highest BCUT2D eigenvalue weighted by Crippen LogP contribution is 2.21. The van der Waals surface area contributed by atoms with Gasteiger partial charge in [0.2, 0.25) is 0 Å². The number of nitrogens with zero attached hydrogens (tertiary/aromatic N) is 2. The van der Waals surface area contributed by atoms with E-state index in [0.717, 1.165) is 31.5 Å². The zero-order valence-corrected chi connectivity index (χ0v) is 11.9. The Morgan fingerprint density at radius 2 is 2.10 bits per heavy atom. The fourth-order valence-electron chi connectivity index (χ4n) is 2.55. The van der Waals surface area contributed by atoms with Gasteiger partial charge in [0.1, 0.15) is 0 Å². The summed E-state index contributed by atoms with van der Waals surface area (Å²) in [6.07, 6.45) is 4.48. The fourth-order valence-corrected chi connectivity index (χ4v) is 2.55. The fraction of sp³-hybridized carbons (Fsp3) is 0.600. The van der Waals surface area contributed by atoms with Crippen molar-refractivity contribution in [2.45, 2.75) is 25.9 Å². The minimum atomic E-state index is -0.503. The van der Waals surface area contributed by atoms with Crippen molar-refractivity contribution in [3.05, 3.63) is 30.1 Å². The summed E-state index contributed by atoms with van der Waals surface area (Å²) < 4.78 is 5.05. The first kappa shape index (κ1) is 14.9. The average Bonchev–Trinajstić information content (AvgIpc) is 2.49. The number of aliphatic hydroxyl groups is 1. The molecule has 0 aromatic carbocycles. The van der Waals surface area contributed by atoms with Crippen molar-refractivity contribution in [1.29, 1.82) is 0 Å². The zero-order chi connectivity index (χ0) is 14.4. The summed E-state index contributed by atoms with van der Waals surface area (Å²) in [6.45, 7) is 4.52. The summed E-state index contributed by atoms with van der Waals surface area (Å²) in [6, 6.07) is 3.66. The van der Waals surface area contributed by atoms with E-state index in [-0.39, 0.29) is 11.9 Å². The van der Waals surface area contributed by atoms with E-state index < -0.39 is 6.10 Å². The maximum Gasteiger partial charge on any atom is 0.309 e. The van der Waals surface area contributed by atoms with Gasteiger partial charge >= 0.3 is 5.97 Å². The molecular weight excluding hydrogens is 256 g/mol.